The third-order valence-electron chi connectivity index (χ3n) is 2.17. The number of hydrogen-bond donors (Lipinski definition) is 2. The molecule has 6 nitrogen and oxygen atoms in total. The van der Waals surface area contributed by atoms with Crippen LogP contribution in [0.3, 0.4) is 0 Å². The van der Waals surface area contributed by atoms with E-state index in [0.717, 1.165) is 18.2 Å². The third-order valence-corrected chi connectivity index (χ3v) is 4.11. The molecular formula is C10H7BrF3N3O3S. The fourth-order valence-corrected chi connectivity index (χ4v) is 2.79. The summed E-state index contributed by atoms with van der Waals surface area (Å²) < 4.78 is 66.0. The van der Waals surface area contributed by atoms with E-state index in [2.05, 4.69) is 35.6 Å². The predicted molar refractivity (Wildman–Crippen MR) is 70.2 cm³/mol. The van der Waals surface area contributed by atoms with Crippen LogP contribution in [0.15, 0.2) is 40.0 Å². The lowest BCUT2D eigenvalue weighted by Crippen LogP contribution is -2.17. The highest BCUT2D eigenvalue weighted by Crippen LogP contribution is 2.32. The Morgan fingerprint density at radius 3 is 2.52 bits per heavy atom. The van der Waals surface area contributed by atoms with Gasteiger partial charge in [-0.05, 0) is 40.2 Å². The second-order valence-corrected chi connectivity index (χ2v) is 6.22. The first-order valence-corrected chi connectivity index (χ1v) is 7.52. The van der Waals surface area contributed by atoms with Gasteiger partial charge in [0.05, 0.1) is 16.4 Å². The Labute approximate surface area is 125 Å². The van der Waals surface area contributed by atoms with Crippen LogP contribution in [0, 0.1) is 0 Å². The van der Waals surface area contributed by atoms with Crippen molar-refractivity contribution < 1.29 is 26.3 Å². The topological polar surface area (TPSA) is 84.1 Å². The maximum Gasteiger partial charge on any atom is 0.573 e. The molecular weight excluding hydrogens is 379 g/mol. The van der Waals surface area contributed by atoms with Gasteiger partial charge in [-0.25, -0.2) is 0 Å². The van der Waals surface area contributed by atoms with Gasteiger partial charge in [0.2, 0.25) is 0 Å². The second-order valence-electron chi connectivity index (χ2n) is 3.72. The standard InChI is InChI=1S/C10H7BrF3N3O3S/c11-7-5-6(1-2-8(7)20-10(12,13)14)17-21(18,19)9-3-4-15-16-9/h1-5,17H,(H,15,16). The van der Waals surface area contributed by atoms with Gasteiger partial charge in [-0.2, -0.15) is 13.5 Å². The zero-order valence-electron chi connectivity index (χ0n) is 9.98. The molecule has 114 valence electrons. The SMILES string of the molecule is O=S(=O)(Nc1ccc(OC(F)(F)F)c(Br)c1)c1ccn[nH]1. The number of hydrogen-bond acceptors (Lipinski definition) is 4. The summed E-state index contributed by atoms with van der Waals surface area (Å²) in [5.74, 6) is -0.480. The molecule has 2 aromatic rings. The quantitative estimate of drug-likeness (QED) is 0.847. The van der Waals surface area contributed by atoms with Crippen molar-refractivity contribution in [1.82, 2.24) is 10.2 Å². The Kier molecular flexibility index (Phi) is 4.14. The van der Waals surface area contributed by atoms with E-state index in [1.165, 1.54) is 12.3 Å². The number of sulfonamides is 1. The minimum Gasteiger partial charge on any atom is -0.405 e. The van der Waals surface area contributed by atoms with Gasteiger partial charge >= 0.3 is 6.36 Å². The molecule has 0 unspecified atom stereocenters. The zero-order valence-corrected chi connectivity index (χ0v) is 12.4. The molecule has 0 radical (unpaired) electrons. The fraction of sp³-hybridized carbons (Fsp3) is 0.100. The van der Waals surface area contributed by atoms with Crippen LogP contribution in [0.5, 0.6) is 5.75 Å². The van der Waals surface area contributed by atoms with Crippen LogP contribution in [-0.4, -0.2) is 25.0 Å². The molecule has 1 aromatic heterocycles. The van der Waals surface area contributed by atoms with E-state index in [1.54, 1.807) is 0 Å². The van der Waals surface area contributed by atoms with Gasteiger partial charge < -0.3 is 4.74 Å². The minimum absolute atomic E-state index is 0.0513. The lowest BCUT2D eigenvalue weighted by atomic mass is 10.3. The van der Waals surface area contributed by atoms with E-state index >= 15 is 0 Å². The summed E-state index contributed by atoms with van der Waals surface area (Å²) in [7, 11) is -3.89. The number of alkyl halides is 3. The zero-order chi connectivity index (χ0) is 15.7. The lowest BCUT2D eigenvalue weighted by Gasteiger charge is -2.12. The number of nitrogens with one attached hydrogen (secondary N) is 2. The van der Waals surface area contributed by atoms with E-state index < -0.39 is 22.1 Å². The Hall–Kier alpha value is -1.75. The van der Waals surface area contributed by atoms with E-state index in [4.69, 9.17) is 0 Å². The van der Waals surface area contributed by atoms with Crippen molar-refractivity contribution in [3.8, 4) is 5.75 Å². The highest BCUT2D eigenvalue weighted by molar-refractivity contribution is 9.10. The van der Waals surface area contributed by atoms with Crippen molar-refractivity contribution in [3.63, 3.8) is 0 Å². The van der Waals surface area contributed by atoms with Crippen LogP contribution in [0.2, 0.25) is 0 Å². The molecule has 0 fully saturated rings. The Morgan fingerprint density at radius 2 is 2.00 bits per heavy atom. The molecule has 0 saturated heterocycles. The number of aromatic amines is 1. The van der Waals surface area contributed by atoms with Crippen molar-refractivity contribution >= 4 is 31.6 Å². The van der Waals surface area contributed by atoms with Crippen molar-refractivity contribution in [2.24, 2.45) is 0 Å². The van der Waals surface area contributed by atoms with Gasteiger partial charge in [0.15, 0.2) is 5.03 Å². The molecule has 1 heterocycles. The second kappa shape index (κ2) is 5.56. The molecule has 0 spiro atoms. The fourth-order valence-electron chi connectivity index (χ4n) is 1.37. The lowest BCUT2D eigenvalue weighted by molar-refractivity contribution is -0.274. The summed E-state index contributed by atoms with van der Waals surface area (Å²) >= 11 is 2.88. The number of ether oxygens (including phenoxy) is 1. The first-order chi connectivity index (χ1) is 9.67. The van der Waals surface area contributed by atoms with Crippen LogP contribution < -0.4 is 9.46 Å². The summed E-state index contributed by atoms with van der Waals surface area (Å²) in [5.41, 5.74) is 0.0611. The van der Waals surface area contributed by atoms with Crippen LogP contribution in [0.25, 0.3) is 0 Å². The van der Waals surface area contributed by atoms with Gasteiger partial charge in [0.25, 0.3) is 10.0 Å². The molecule has 0 saturated carbocycles. The number of benzene rings is 1. The summed E-state index contributed by atoms with van der Waals surface area (Å²) in [6, 6.07) is 4.51. The average molecular weight is 386 g/mol. The first-order valence-electron chi connectivity index (χ1n) is 5.25. The number of nitrogens with zero attached hydrogens (tertiary/aromatic N) is 1. The summed E-state index contributed by atoms with van der Waals surface area (Å²) in [4.78, 5) is 0. The molecule has 0 atom stereocenters. The number of anilines is 1. The number of halogens is 4. The predicted octanol–water partition coefficient (Wildman–Crippen LogP) is 2.87. The third kappa shape index (κ3) is 4.11. The van der Waals surface area contributed by atoms with Gasteiger partial charge in [-0.3, -0.25) is 9.82 Å². The summed E-state index contributed by atoms with van der Waals surface area (Å²) in [6.45, 7) is 0. The van der Waals surface area contributed by atoms with E-state index in [-0.39, 0.29) is 15.2 Å². The van der Waals surface area contributed by atoms with Crippen LogP contribution in [0.4, 0.5) is 18.9 Å². The van der Waals surface area contributed by atoms with Gasteiger partial charge in [-0.1, -0.05) is 0 Å². The Morgan fingerprint density at radius 1 is 1.29 bits per heavy atom. The monoisotopic (exact) mass is 385 g/mol. The molecule has 0 aliphatic rings. The number of H-pyrrole nitrogens is 1. The van der Waals surface area contributed by atoms with E-state index in [0.29, 0.717) is 0 Å². The average Bonchev–Trinajstić information content (AvgIpc) is 2.85. The van der Waals surface area contributed by atoms with Crippen molar-refractivity contribution in [3.05, 3.63) is 34.9 Å². The van der Waals surface area contributed by atoms with Gasteiger partial charge in [-0.15, -0.1) is 13.2 Å². The Bertz CT molecular complexity index is 732. The van der Waals surface area contributed by atoms with Gasteiger partial charge in [0.1, 0.15) is 5.75 Å². The molecule has 0 aliphatic heterocycles. The summed E-state index contributed by atoms with van der Waals surface area (Å²) in [6.07, 6.45) is -3.58. The largest absolute Gasteiger partial charge is 0.573 e. The minimum atomic E-state index is -4.83. The van der Waals surface area contributed by atoms with Crippen molar-refractivity contribution in [2.45, 2.75) is 11.4 Å². The highest BCUT2D eigenvalue weighted by atomic mass is 79.9. The molecule has 0 bridgehead atoms. The molecule has 21 heavy (non-hydrogen) atoms. The van der Waals surface area contributed by atoms with Crippen molar-refractivity contribution in [2.75, 3.05) is 4.72 Å². The Balaban J connectivity index is 2.22. The number of aromatic nitrogens is 2. The normalized spacial score (nSPS) is 12.2. The molecule has 0 aliphatic carbocycles. The van der Waals surface area contributed by atoms with Crippen LogP contribution in [0.1, 0.15) is 0 Å². The molecule has 2 rings (SSSR count). The maximum absolute atomic E-state index is 12.1. The number of rotatable bonds is 4. The molecule has 2 N–H and O–H groups in total. The van der Waals surface area contributed by atoms with E-state index in [9.17, 15) is 21.6 Å². The van der Waals surface area contributed by atoms with Gasteiger partial charge in [0, 0.05) is 0 Å². The van der Waals surface area contributed by atoms with Crippen LogP contribution >= 0.6 is 15.9 Å². The molecule has 0 amide bonds. The maximum atomic E-state index is 12.1. The first kappa shape index (κ1) is 15.6. The molecule has 11 heteroatoms. The van der Waals surface area contributed by atoms with Crippen molar-refractivity contribution in [1.29, 1.82) is 0 Å². The highest BCUT2D eigenvalue weighted by Gasteiger charge is 2.32. The summed E-state index contributed by atoms with van der Waals surface area (Å²) in [5, 5.41) is 5.60. The smallest absolute Gasteiger partial charge is 0.405 e. The molecule has 1 aromatic carbocycles. The van der Waals surface area contributed by atoms with E-state index in [1.807, 2.05) is 0 Å². The van der Waals surface area contributed by atoms with Crippen LogP contribution in [-0.2, 0) is 10.0 Å².